The van der Waals surface area contributed by atoms with Crippen LogP contribution in [0, 0.1) is 6.92 Å². The average molecular weight is 351 g/mol. The Morgan fingerprint density at radius 2 is 1.52 bits per heavy atom. The summed E-state index contributed by atoms with van der Waals surface area (Å²) in [7, 11) is 0. The van der Waals surface area contributed by atoms with Gasteiger partial charge in [0.25, 0.3) is 5.56 Å². The van der Waals surface area contributed by atoms with E-state index in [4.69, 9.17) is 4.98 Å². The van der Waals surface area contributed by atoms with Crippen LogP contribution in [-0.4, -0.2) is 14.2 Å². The van der Waals surface area contributed by atoms with Crippen LogP contribution in [-0.2, 0) is 0 Å². The van der Waals surface area contributed by atoms with E-state index in [0.717, 1.165) is 28.0 Å². The molecule has 0 N–H and O–H groups in total. The second-order valence-corrected chi connectivity index (χ2v) is 6.65. The monoisotopic (exact) mass is 351 g/mol. The van der Waals surface area contributed by atoms with Crippen LogP contribution < -0.4 is 5.56 Å². The summed E-state index contributed by atoms with van der Waals surface area (Å²) < 4.78 is 3.61. The Kier molecular flexibility index (Phi) is 3.44. The van der Waals surface area contributed by atoms with Gasteiger partial charge in [-0.1, -0.05) is 60.2 Å². The fourth-order valence-electron chi connectivity index (χ4n) is 3.52. The molecule has 3 aromatic carbocycles. The van der Waals surface area contributed by atoms with E-state index < -0.39 is 0 Å². The Labute approximate surface area is 155 Å². The third kappa shape index (κ3) is 2.46. The molecule has 0 atom stereocenters. The molecule has 0 saturated carbocycles. The first-order chi connectivity index (χ1) is 13.2. The molecule has 0 saturated heterocycles. The minimum atomic E-state index is -0.0651. The van der Waals surface area contributed by atoms with Crippen LogP contribution in [0.1, 0.15) is 5.56 Å². The maximum atomic E-state index is 13.4. The van der Waals surface area contributed by atoms with Crippen molar-refractivity contribution in [1.29, 1.82) is 0 Å². The third-order valence-corrected chi connectivity index (χ3v) is 4.79. The van der Waals surface area contributed by atoms with Gasteiger partial charge in [0, 0.05) is 11.6 Å². The van der Waals surface area contributed by atoms with Crippen molar-refractivity contribution in [3.8, 4) is 16.9 Å². The predicted octanol–water partition coefficient (Wildman–Crippen LogP) is 4.61. The molecule has 2 aromatic heterocycles. The first-order valence-electron chi connectivity index (χ1n) is 8.88. The number of rotatable bonds is 2. The summed E-state index contributed by atoms with van der Waals surface area (Å²) in [5.74, 6) is 0. The smallest absolute Gasteiger partial charge is 0.267 e. The minimum Gasteiger partial charge on any atom is -0.267 e. The molecule has 0 amide bonds. The van der Waals surface area contributed by atoms with Crippen LogP contribution in [0.3, 0.4) is 0 Å². The van der Waals surface area contributed by atoms with Gasteiger partial charge in [0.15, 0.2) is 5.65 Å². The van der Waals surface area contributed by atoms with Crippen LogP contribution in [0.5, 0.6) is 0 Å². The van der Waals surface area contributed by atoms with Crippen molar-refractivity contribution in [2.75, 3.05) is 0 Å². The highest BCUT2D eigenvalue weighted by molar-refractivity contribution is 5.81. The SMILES string of the molecule is Cc1ccc2nc3cc(-c4ccccc4)n(-c4ccccc4)n3c(=O)c2c1. The van der Waals surface area contributed by atoms with E-state index >= 15 is 0 Å². The third-order valence-electron chi connectivity index (χ3n) is 4.79. The van der Waals surface area contributed by atoms with Crippen LogP contribution in [0.2, 0.25) is 0 Å². The van der Waals surface area contributed by atoms with Crippen molar-refractivity contribution < 1.29 is 0 Å². The van der Waals surface area contributed by atoms with E-state index in [1.807, 2.05) is 96.5 Å². The Hall–Kier alpha value is -3.66. The summed E-state index contributed by atoms with van der Waals surface area (Å²) in [5, 5.41) is 0.627. The number of aromatic nitrogens is 3. The molecule has 0 fully saturated rings. The molecule has 5 aromatic rings. The van der Waals surface area contributed by atoms with Crippen molar-refractivity contribution >= 4 is 16.6 Å². The average Bonchev–Trinajstić information content (AvgIpc) is 3.10. The van der Waals surface area contributed by atoms with E-state index in [1.54, 1.807) is 4.52 Å². The van der Waals surface area contributed by atoms with Gasteiger partial charge >= 0.3 is 0 Å². The lowest BCUT2D eigenvalue weighted by Gasteiger charge is -2.11. The molecule has 0 aliphatic heterocycles. The molecule has 0 bridgehead atoms. The zero-order valence-electron chi connectivity index (χ0n) is 14.8. The highest BCUT2D eigenvalue weighted by atomic mass is 16.1. The molecule has 27 heavy (non-hydrogen) atoms. The molecule has 0 radical (unpaired) electrons. The van der Waals surface area contributed by atoms with Crippen molar-refractivity contribution in [3.63, 3.8) is 0 Å². The van der Waals surface area contributed by atoms with E-state index in [2.05, 4.69) is 0 Å². The van der Waals surface area contributed by atoms with Gasteiger partial charge < -0.3 is 0 Å². The van der Waals surface area contributed by atoms with Crippen LogP contribution in [0.4, 0.5) is 0 Å². The Morgan fingerprint density at radius 1 is 0.815 bits per heavy atom. The molecule has 0 spiro atoms. The summed E-state index contributed by atoms with van der Waals surface area (Å²) in [4.78, 5) is 18.1. The van der Waals surface area contributed by atoms with Crippen molar-refractivity contribution in [2.24, 2.45) is 0 Å². The lowest BCUT2D eigenvalue weighted by atomic mass is 10.1. The second kappa shape index (κ2) is 5.95. The summed E-state index contributed by atoms with van der Waals surface area (Å²) in [5.41, 5.74) is 5.22. The number of hydrogen-bond acceptors (Lipinski definition) is 2. The molecule has 4 nitrogen and oxygen atoms in total. The van der Waals surface area contributed by atoms with E-state index in [9.17, 15) is 4.79 Å². The second-order valence-electron chi connectivity index (χ2n) is 6.65. The van der Waals surface area contributed by atoms with Crippen molar-refractivity contribution in [3.05, 3.63) is 101 Å². The zero-order valence-corrected chi connectivity index (χ0v) is 14.8. The van der Waals surface area contributed by atoms with E-state index in [1.165, 1.54) is 0 Å². The van der Waals surface area contributed by atoms with Gasteiger partial charge in [-0.05, 0) is 31.2 Å². The van der Waals surface area contributed by atoms with Gasteiger partial charge in [-0.3, -0.25) is 4.79 Å². The molecule has 2 heterocycles. The lowest BCUT2D eigenvalue weighted by Crippen LogP contribution is -2.21. The topological polar surface area (TPSA) is 39.3 Å². The van der Waals surface area contributed by atoms with Gasteiger partial charge in [0.05, 0.1) is 22.3 Å². The fraction of sp³-hybridized carbons (Fsp3) is 0.0435. The molecule has 5 rings (SSSR count). The fourth-order valence-corrected chi connectivity index (χ4v) is 3.52. The van der Waals surface area contributed by atoms with Gasteiger partial charge in [0.1, 0.15) is 0 Å². The quantitative estimate of drug-likeness (QED) is 0.466. The number of hydrogen-bond donors (Lipinski definition) is 0. The Balaban J connectivity index is 1.97. The van der Waals surface area contributed by atoms with Crippen LogP contribution in [0.15, 0.2) is 89.7 Å². The summed E-state index contributed by atoms with van der Waals surface area (Å²) in [6.07, 6.45) is 0. The summed E-state index contributed by atoms with van der Waals surface area (Å²) in [6.45, 7) is 1.99. The molecule has 130 valence electrons. The van der Waals surface area contributed by atoms with E-state index in [-0.39, 0.29) is 5.56 Å². The highest BCUT2D eigenvalue weighted by Gasteiger charge is 2.16. The Bertz CT molecular complexity index is 1330. The molecule has 0 aliphatic rings. The van der Waals surface area contributed by atoms with Crippen LogP contribution >= 0.6 is 0 Å². The highest BCUT2D eigenvalue weighted by Crippen LogP contribution is 2.26. The largest absolute Gasteiger partial charge is 0.281 e. The predicted molar refractivity (Wildman–Crippen MR) is 108 cm³/mol. The Morgan fingerprint density at radius 3 is 2.26 bits per heavy atom. The lowest BCUT2D eigenvalue weighted by molar-refractivity contribution is 0.778. The molecule has 0 aliphatic carbocycles. The van der Waals surface area contributed by atoms with Crippen molar-refractivity contribution in [2.45, 2.75) is 6.92 Å². The first kappa shape index (κ1) is 15.6. The number of benzene rings is 3. The van der Waals surface area contributed by atoms with Crippen LogP contribution in [0.25, 0.3) is 33.5 Å². The normalized spacial score (nSPS) is 11.3. The minimum absolute atomic E-state index is 0.0651. The summed E-state index contributed by atoms with van der Waals surface area (Å²) >= 11 is 0. The molecule has 0 unspecified atom stereocenters. The number of aryl methyl sites for hydroxylation is 1. The van der Waals surface area contributed by atoms with Gasteiger partial charge in [-0.15, -0.1) is 0 Å². The zero-order chi connectivity index (χ0) is 18.4. The molecule has 4 heteroatoms. The van der Waals surface area contributed by atoms with Gasteiger partial charge in [-0.2, -0.15) is 4.52 Å². The van der Waals surface area contributed by atoms with Gasteiger partial charge in [-0.25, -0.2) is 9.67 Å². The van der Waals surface area contributed by atoms with Gasteiger partial charge in [0.2, 0.25) is 0 Å². The van der Waals surface area contributed by atoms with Crippen molar-refractivity contribution in [1.82, 2.24) is 14.2 Å². The molecular formula is C23H17N3O. The number of fused-ring (bicyclic) bond motifs is 2. The first-order valence-corrected chi connectivity index (χ1v) is 8.88. The maximum Gasteiger partial charge on any atom is 0.281 e. The maximum absolute atomic E-state index is 13.4. The molecular weight excluding hydrogens is 334 g/mol. The standard InChI is InChI=1S/C23H17N3O/c1-16-12-13-20-19(14-16)23(27)26-22(24-20)15-21(17-8-4-2-5-9-17)25(26)18-10-6-3-7-11-18/h2-15H,1H3. The number of para-hydroxylation sites is 1. The number of nitrogens with zero attached hydrogens (tertiary/aromatic N) is 3. The summed E-state index contributed by atoms with van der Waals surface area (Å²) in [6, 6.07) is 27.8. The van der Waals surface area contributed by atoms with E-state index in [0.29, 0.717) is 11.0 Å².